The number of nitrogens with one attached hydrogen (secondary N) is 2. The van der Waals surface area contributed by atoms with Crippen LogP contribution in [0, 0.1) is 6.92 Å². The zero-order chi connectivity index (χ0) is 16.2. The van der Waals surface area contributed by atoms with Crippen LogP contribution < -0.4 is 15.5 Å². The number of hydrogen-bond donors (Lipinski definition) is 2. The number of amides is 2. The van der Waals surface area contributed by atoms with E-state index in [1.54, 1.807) is 11.3 Å². The minimum atomic E-state index is -0.120. The van der Waals surface area contributed by atoms with Gasteiger partial charge < -0.3 is 15.5 Å². The summed E-state index contributed by atoms with van der Waals surface area (Å²) in [7, 11) is 2.13. The van der Waals surface area contributed by atoms with Gasteiger partial charge in [0.1, 0.15) is 0 Å². The Kier molecular flexibility index (Phi) is 4.86. The quantitative estimate of drug-likeness (QED) is 0.902. The molecule has 5 heteroatoms. The van der Waals surface area contributed by atoms with E-state index in [0.29, 0.717) is 13.1 Å². The highest BCUT2D eigenvalue weighted by molar-refractivity contribution is 7.11. The molecule has 3 rings (SSSR count). The third-order valence-electron chi connectivity index (χ3n) is 4.17. The lowest BCUT2D eigenvalue weighted by Gasteiger charge is -2.27. The van der Waals surface area contributed by atoms with Crippen molar-refractivity contribution in [2.24, 2.45) is 0 Å². The molecule has 0 aliphatic carbocycles. The van der Waals surface area contributed by atoms with E-state index in [9.17, 15) is 4.79 Å². The van der Waals surface area contributed by atoms with Crippen LogP contribution in [0.2, 0.25) is 0 Å². The van der Waals surface area contributed by atoms with E-state index in [-0.39, 0.29) is 6.03 Å². The fraction of sp³-hybridized carbons (Fsp3) is 0.389. The average Bonchev–Trinajstić information content (AvgIpc) is 2.96. The molecule has 0 saturated carbocycles. The van der Waals surface area contributed by atoms with E-state index < -0.39 is 0 Å². The number of aryl methyl sites for hydroxylation is 2. The third-order valence-corrected chi connectivity index (χ3v) is 5.17. The molecule has 0 fully saturated rings. The zero-order valence-corrected chi connectivity index (χ0v) is 14.5. The Hall–Kier alpha value is -2.01. The van der Waals surface area contributed by atoms with Crippen LogP contribution in [0.3, 0.4) is 0 Å². The van der Waals surface area contributed by atoms with Crippen LogP contribution in [-0.4, -0.2) is 19.6 Å². The van der Waals surface area contributed by atoms with Crippen molar-refractivity contribution in [3.05, 3.63) is 51.2 Å². The average molecular weight is 329 g/mol. The molecular weight excluding hydrogens is 306 g/mol. The van der Waals surface area contributed by atoms with Crippen LogP contribution in [0.15, 0.2) is 30.3 Å². The Balaban J connectivity index is 1.51. The van der Waals surface area contributed by atoms with Crippen molar-refractivity contribution in [3.8, 4) is 0 Å². The van der Waals surface area contributed by atoms with Crippen LogP contribution >= 0.6 is 11.3 Å². The summed E-state index contributed by atoms with van der Waals surface area (Å²) in [4.78, 5) is 16.6. The van der Waals surface area contributed by atoms with Crippen LogP contribution in [0.4, 0.5) is 10.5 Å². The van der Waals surface area contributed by atoms with E-state index in [1.807, 2.05) is 0 Å². The van der Waals surface area contributed by atoms with Crippen molar-refractivity contribution < 1.29 is 4.79 Å². The van der Waals surface area contributed by atoms with Crippen molar-refractivity contribution in [1.82, 2.24) is 10.6 Å². The van der Waals surface area contributed by atoms with E-state index in [4.69, 9.17) is 0 Å². The van der Waals surface area contributed by atoms with Gasteiger partial charge in [-0.15, -0.1) is 11.3 Å². The van der Waals surface area contributed by atoms with Crippen LogP contribution in [0.1, 0.15) is 27.3 Å². The highest BCUT2D eigenvalue weighted by Crippen LogP contribution is 2.26. The van der Waals surface area contributed by atoms with Crippen LogP contribution in [-0.2, 0) is 19.5 Å². The van der Waals surface area contributed by atoms with Crippen molar-refractivity contribution in [3.63, 3.8) is 0 Å². The van der Waals surface area contributed by atoms with Gasteiger partial charge in [0.05, 0.1) is 6.54 Å². The van der Waals surface area contributed by atoms with E-state index in [0.717, 1.165) is 18.5 Å². The normalized spacial score (nSPS) is 13.6. The topological polar surface area (TPSA) is 44.4 Å². The third kappa shape index (κ3) is 4.05. The Bertz CT molecular complexity index is 695. The minimum absolute atomic E-state index is 0.120. The monoisotopic (exact) mass is 329 g/mol. The molecule has 0 bridgehead atoms. The Labute approximate surface area is 141 Å². The number of carbonyl (C=O) groups excluding carboxylic acids is 1. The lowest BCUT2D eigenvalue weighted by atomic mass is 9.99. The van der Waals surface area contributed by atoms with Crippen molar-refractivity contribution in [2.75, 3.05) is 18.5 Å². The van der Waals surface area contributed by atoms with Gasteiger partial charge >= 0.3 is 6.03 Å². The smallest absolute Gasteiger partial charge is 0.315 e. The minimum Gasteiger partial charge on any atom is -0.374 e. The number of hydrogen-bond acceptors (Lipinski definition) is 3. The Morgan fingerprint density at radius 1 is 1.22 bits per heavy atom. The molecule has 0 saturated heterocycles. The van der Waals surface area contributed by atoms with Gasteiger partial charge in [-0.2, -0.15) is 0 Å². The van der Waals surface area contributed by atoms with Crippen molar-refractivity contribution in [2.45, 2.75) is 32.9 Å². The Morgan fingerprint density at radius 2 is 2.04 bits per heavy atom. The zero-order valence-electron chi connectivity index (χ0n) is 13.7. The highest BCUT2D eigenvalue weighted by Gasteiger charge is 2.13. The molecule has 1 aromatic carbocycles. The van der Waals surface area contributed by atoms with Gasteiger partial charge in [0.2, 0.25) is 0 Å². The first-order valence-corrected chi connectivity index (χ1v) is 8.83. The first-order chi connectivity index (χ1) is 11.1. The fourth-order valence-corrected chi connectivity index (χ4v) is 3.77. The number of rotatable bonds is 4. The van der Waals surface area contributed by atoms with Gasteiger partial charge in [-0.05, 0) is 49.1 Å². The molecule has 2 N–H and O–H groups in total. The highest BCUT2D eigenvalue weighted by atomic mass is 32.1. The number of urea groups is 1. The lowest BCUT2D eigenvalue weighted by molar-refractivity contribution is 0.240. The molecule has 122 valence electrons. The molecule has 1 aliphatic rings. The number of fused-ring (bicyclic) bond motifs is 1. The predicted molar refractivity (Wildman–Crippen MR) is 96.2 cm³/mol. The first kappa shape index (κ1) is 15.9. The largest absolute Gasteiger partial charge is 0.374 e. The molecule has 2 amide bonds. The van der Waals surface area contributed by atoms with Crippen LogP contribution in [0.5, 0.6) is 0 Å². The standard InChI is InChI=1S/C18H23N3OS/c1-13-5-7-16(23-13)12-20-18(22)19-11-14-6-8-17-15(10-14)4-3-9-21(17)2/h5-8,10H,3-4,9,11-12H2,1-2H3,(H2,19,20,22). The van der Waals surface area contributed by atoms with Gasteiger partial charge in [0.25, 0.3) is 0 Å². The summed E-state index contributed by atoms with van der Waals surface area (Å²) in [6.45, 7) is 4.34. The number of nitrogens with zero attached hydrogens (tertiary/aromatic N) is 1. The molecule has 4 nitrogen and oxygen atoms in total. The summed E-state index contributed by atoms with van der Waals surface area (Å²) in [5, 5.41) is 5.84. The SMILES string of the molecule is Cc1ccc(CNC(=O)NCc2ccc3c(c2)CCCN3C)s1. The number of thiophene rings is 1. The van der Waals surface area contributed by atoms with E-state index >= 15 is 0 Å². The maximum Gasteiger partial charge on any atom is 0.315 e. The maximum absolute atomic E-state index is 11.9. The molecular formula is C18H23N3OS. The van der Waals surface area contributed by atoms with Gasteiger partial charge in [-0.1, -0.05) is 12.1 Å². The summed E-state index contributed by atoms with van der Waals surface area (Å²) in [5.41, 5.74) is 3.85. The summed E-state index contributed by atoms with van der Waals surface area (Å²) in [6, 6.07) is 10.5. The molecule has 23 heavy (non-hydrogen) atoms. The second kappa shape index (κ2) is 7.04. The number of anilines is 1. The van der Waals surface area contributed by atoms with Gasteiger partial charge in [0.15, 0.2) is 0 Å². The summed E-state index contributed by atoms with van der Waals surface area (Å²) in [6.07, 6.45) is 2.32. The molecule has 0 radical (unpaired) electrons. The van der Waals surface area contributed by atoms with Gasteiger partial charge in [-0.3, -0.25) is 0 Å². The number of benzene rings is 1. The van der Waals surface area contributed by atoms with Gasteiger partial charge in [0, 0.05) is 35.6 Å². The first-order valence-electron chi connectivity index (χ1n) is 8.02. The second-order valence-corrected chi connectivity index (χ2v) is 7.41. The predicted octanol–water partition coefficient (Wildman–Crippen LogP) is 3.44. The molecule has 0 unspecified atom stereocenters. The molecule has 1 aromatic heterocycles. The molecule has 0 atom stereocenters. The summed E-state index contributed by atoms with van der Waals surface area (Å²) in [5.74, 6) is 0. The van der Waals surface area contributed by atoms with Crippen molar-refractivity contribution >= 4 is 23.1 Å². The second-order valence-electron chi connectivity index (χ2n) is 6.04. The Morgan fingerprint density at radius 3 is 2.83 bits per heavy atom. The fourth-order valence-electron chi connectivity index (χ4n) is 2.94. The molecule has 1 aliphatic heterocycles. The lowest BCUT2D eigenvalue weighted by Crippen LogP contribution is -2.34. The van der Waals surface area contributed by atoms with E-state index in [2.05, 4.69) is 59.8 Å². The molecule has 2 heterocycles. The molecule has 2 aromatic rings. The van der Waals surface area contributed by atoms with Crippen LogP contribution in [0.25, 0.3) is 0 Å². The van der Waals surface area contributed by atoms with Gasteiger partial charge in [-0.25, -0.2) is 4.79 Å². The maximum atomic E-state index is 11.9. The molecule has 0 spiro atoms. The van der Waals surface area contributed by atoms with E-state index in [1.165, 1.54) is 27.4 Å². The summed E-state index contributed by atoms with van der Waals surface area (Å²) < 4.78 is 0. The van der Waals surface area contributed by atoms with Crippen molar-refractivity contribution in [1.29, 1.82) is 0 Å². The summed E-state index contributed by atoms with van der Waals surface area (Å²) >= 11 is 1.71. The number of carbonyl (C=O) groups is 1.